The molecule has 0 heterocycles. The Morgan fingerprint density at radius 2 is 2.13 bits per heavy atom. The molecule has 1 aromatic carbocycles. The van der Waals surface area contributed by atoms with E-state index in [-0.39, 0.29) is 12.2 Å². The number of hydrogen-bond donors (Lipinski definition) is 2. The maximum absolute atomic E-state index is 13.5. The van der Waals surface area contributed by atoms with Gasteiger partial charge in [0.1, 0.15) is 10.6 Å². The topological polar surface area (TPSA) is 89.6 Å². The van der Waals surface area contributed by atoms with Crippen molar-refractivity contribution in [3.8, 4) is 5.75 Å². The molecule has 0 spiro atoms. The van der Waals surface area contributed by atoms with Gasteiger partial charge in [-0.2, -0.15) is 0 Å². The summed E-state index contributed by atoms with van der Waals surface area (Å²) in [6, 6.07) is 2.28. The number of sulfone groups is 1. The molecule has 3 N–H and O–H groups in total. The molecule has 0 aliphatic heterocycles. The Morgan fingerprint density at radius 3 is 2.60 bits per heavy atom. The Kier molecular flexibility index (Phi) is 3.28. The van der Waals surface area contributed by atoms with Gasteiger partial charge in [0, 0.05) is 11.8 Å². The molecule has 0 aliphatic rings. The lowest BCUT2D eigenvalue weighted by Crippen LogP contribution is -2.07. The van der Waals surface area contributed by atoms with Gasteiger partial charge in [0.15, 0.2) is 15.7 Å². The SMILES string of the molecule is CS(=O)(=O)c1c(O)ccc(CON)c1F. The molecule has 0 saturated carbocycles. The minimum atomic E-state index is -3.83. The second-order valence-electron chi connectivity index (χ2n) is 2.97. The van der Waals surface area contributed by atoms with Crippen LogP contribution in [-0.4, -0.2) is 19.8 Å². The molecule has 0 bridgehead atoms. The number of hydrogen-bond acceptors (Lipinski definition) is 5. The zero-order valence-electron chi connectivity index (χ0n) is 7.90. The van der Waals surface area contributed by atoms with Crippen molar-refractivity contribution >= 4 is 9.84 Å². The van der Waals surface area contributed by atoms with E-state index in [0.29, 0.717) is 0 Å². The highest BCUT2D eigenvalue weighted by Crippen LogP contribution is 2.27. The fourth-order valence-electron chi connectivity index (χ4n) is 1.14. The molecule has 1 aromatic rings. The second kappa shape index (κ2) is 4.13. The van der Waals surface area contributed by atoms with Gasteiger partial charge in [0.25, 0.3) is 0 Å². The van der Waals surface area contributed by atoms with Gasteiger partial charge >= 0.3 is 0 Å². The molecule has 0 saturated heterocycles. The molecule has 7 heteroatoms. The first-order chi connectivity index (χ1) is 6.88. The standard InChI is InChI=1S/C8H10FNO4S/c1-15(12,13)8-6(11)3-2-5(4-14-10)7(8)9/h2-3,11H,4,10H2,1H3. The van der Waals surface area contributed by atoms with Gasteiger partial charge in [-0.1, -0.05) is 0 Å². The first kappa shape index (κ1) is 11.9. The van der Waals surface area contributed by atoms with E-state index in [1.54, 1.807) is 0 Å². The molecule has 5 nitrogen and oxygen atoms in total. The summed E-state index contributed by atoms with van der Waals surface area (Å²) in [7, 11) is -3.83. The first-order valence-electron chi connectivity index (χ1n) is 3.90. The molecule has 0 amide bonds. The van der Waals surface area contributed by atoms with Crippen LogP contribution in [0.25, 0.3) is 0 Å². The van der Waals surface area contributed by atoms with E-state index < -0.39 is 26.3 Å². The highest BCUT2D eigenvalue weighted by Gasteiger charge is 2.21. The fourth-order valence-corrected chi connectivity index (χ4v) is 2.05. The minimum absolute atomic E-state index is 0.0317. The zero-order valence-corrected chi connectivity index (χ0v) is 8.71. The van der Waals surface area contributed by atoms with Crippen molar-refractivity contribution in [2.75, 3.05) is 6.26 Å². The highest BCUT2D eigenvalue weighted by atomic mass is 32.2. The average molecular weight is 235 g/mol. The van der Waals surface area contributed by atoms with Crippen molar-refractivity contribution in [3.05, 3.63) is 23.5 Å². The summed E-state index contributed by atoms with van der Waals surface area (Å²) in [6.45, 7) is -0.269. The normalized spacial score (nSPS) is 11.7. The van der Waals surface area contributed by atoms with Crippen LogP contribution in [0.1, 0.15) is 5.56 Å². The van der Waals surface area contributed by atoms with Crippen LogP contribution in [-0.2, 0) is 21.3 Å². The second-order valence-corrected chi connectivity index (χ2v) is 4.92. The van der Waals surface area contributed by atoms with Crippen LogP contribution in [0.2, 0.25) is 0 Å². The number of nitrogens with two attached hydrogens (primary N) is 1. The van der Waals surface area contributed by atoms with E-state index in [4.69, 9.17) is 5.90 Å². The lowest BCUT2D eigenvalue weighted by Gasteiger charge is -2.07. The number of aromatic hydroxyl groups is 1. The van der Waals surface area contributed by atoms with Crippen LogP contribution in [0, 0.1) is 5.82 Å². The lowest BCUT2D eigenvalue weighted by atomic mass is 10.2. The zero-order chi connectivity index (χ0) is 11.6. The van der Waals surface area contributed by atoms with E-state index in [1.165, 1.54) is 6.07 Å². The summed E-state index contributed by atoms with van der Waals surface area (Å²) < 4.78 is 35.9. The molecule has 0 fully saturated rings. The van der Waals surface area contributed by atoms with Crippen LogP contribution >= 0.6 is 0 Å². The van der Waals surface area contributed by atoms with Crippen LogP contribution < -0.4 is 5.90 Å². The maximum Gasteiger partial charge on any atom is 0.182 e. The van der Waals surface area contributed by atoms with Crippen molar-refractivity contribution in [1.29, 1.82) is 0 Å². The first-order valence-corrected chi connectivity index (χ1v) is 5.79. The van der Waals surface area contributed by atoms with Crippen molar-refractivity contribution < 1.29 is 22.8 Å². The Labute approximate surface area is 86.2 Å². The van der Waals surface area contributed by atoms with Gasteiger partial charge in [0.2, 0.25) is 0 Å². The Morgan fingerprint density at radius 1 is 1.53 bits per heavy atom. The van der Waals surface area contributed by atoms with Crippen LogP contribution in [0.15, 0.2) is 17.0 Å². The van der Waals surface area contributed by atoms with E-state index >= 15 is 0 Å². The monoisotopic (exact) mass is 235 g/mol. The third-order valence-electron chi connectivity index (χ3n) is 1.77. The summed E-state index contributed by atoms with van der Waals surface area (Å²) >= 11 is 0. The molecule has 0 aromatic heterocycles. The number of rotatable bonds is 3. The Balaban J connectivity index is 3.44. The molecule has 0 atom stereocenters. The van der Waals surface area contributed by atoms with E-state index in [0.717, 1.165) is 12.3 Å². The maximum atomic E-state index is 13.5. The van der Waals surface area contributed by atoms with Gasteiger partial charge in [-0.25, -0.2) is 18.7 Å². The summed E-state index contributed by atoms with van der Waals surface area (Å²) in [5.74, 6) is 3.08. The van der Waals surface area contributed by atoms with E-state index in [9.17, 15) is 17.9 Å². The summed E-state index contributed by atoms with van der Waals surface area (Å²) in [5.41, 5.74) is -0.0317. The predicted octanol–water partition coefficient (Wildman–Crippen LogP) is 0.325. The fraction of sp³-hybridized carbons (Fsp3) is 0.250. The quantitative estimate of drug-likeness (QED) is 0.737. The number of benzene rings is 1. The summed E-state index contributed by atoms with van der Waals surface area (Å²) in [5, 5.41) is 9.23. The molecule has 0 unspecified atom stereocenters. The van der Waals surface area contributed by atoms with Crippen LogP contribution in [0.5, 0.6) is 5.75 Å². The van der Waals surface area contributed by atoms with Gasteiger partial charge < -0.3 is 5.11 Å². The van der Waals surface area contributed by atoms with Gasteiger partial charge in [-0.15, -0.1) is 0 Å². The number of halogens is 1. The molecule has 15 heavy (non-hydrogen) atoms. The largest absolute Gasteiger partial charge is 0.506 e. The van der Waals surface area contributed by atoms with Gasteiger partial charge in [0.05, 0.1) is 6.61 Å². The lowest BCUT2D eigenvalue weighted by molar-refractivity contribution is 0.121. The molecule has 0 aliphatic carbocycles. The molecular weight excluding hydrogens is 225 g/mol. The third kappa shape index (κ3) is 2.44. The van der Waals surface area contributed by atoms with Crippen molar-refractivity contribution in [2.24, 2.45) is 5.90 Å². The summed E-state index contributed by atoms with van der Waals surface area (Å²) in [4.78, 5) is 3.46. The third-order valence-corrected chi connectivity index (χ3v) is 2.90. The Hall–Kier alpha value is -1.18. The van der Waals surface area contributed by atoms with E-state index in [1.807, 2.05) is 0 Å². The van der Waals surface area contributed by atoms with Crippen LogP contribution in [0.3, 0.4) is 0 Å². The molecular formula is C8H10FNO4S. The molecule has 0 radical (unpaired) electrons. The van der Waals surface area contributed by atoms with Crippen molar-refractivity contribution in [1.82, 2.24) is 0 Å². The van der Waals surface area contributed by atoms with Crippen molar-refractivity contribution in [3.63, 3.8) is 0 Å². The van der Waals surface area contributed by atoms with Crippen molar-refractivity contribution in [2.45, 2.75) is 11.5 Å². The smallest absolute Gasteiger partial charge is 0.182 e. The van der Waals surface area contributed by atoms with E-state index in [2.05, 4.69) is 4.84 Å². The minimum Gasteiger partial charge on any atom is -0.506 e. The Bertz CT molecular complexity index is 472. The molecule has 1 rings (SSSR count). The van der Waals surface area contributed by atoms with Gasteiger partial charge in [-0.05, 0) is 12.1 Å². The highest BCUT2D eigenvalue weighted by molar-refractivity contribution is 7.90. The van der Waals surface area contributed by atoms with Crippen LogP contribution in [0.4, 0.5) is 4.39 Å². The summed E-state index contributed by atoms with van der Waals surface area (Å²) in [6.07, 6.45) is 0.804. The van der Waals surface area contributed by atoms with Gasteiger partial charge in [-0.3, -0.25) is 4.84 Å². The number of phenols is 1. The average Bonchev–Trinajstić information content (AvgIpc) is 2.08. The number of phenolic OH excluding ortho intramolecular Hbond substituents is 1. The molecule has 84 valence electrons. The predicted molar refractivity (Wildman–Crippen MR) is 50.2 cm³/mol.